The molecule has 0 saturated carbocycles. The van der Waals surface area contributed by atoms with Crippen LogP contribution in [0.15, 0.2) is 54.9 Å². The number of methoxy groups -OCH3 is 1. The summed E-state index contributed by atoms with van der Waals surface area (Å²) >= 11 is 0. The molecule has 1 amide bonds. The van der Waals surface area contributed by atoms with Gasteiger partial charge in [0, 0.05) is 25.4 Å². The third-order valence-electron chi connectivity index (χ3n) is 3.77. The Bertz CT molecular complexity index is 812. The van der Waals surface area contributed by atoms with Crippen LogP contribution in [0.4, 0.5) is 0 Å². The van der Waals surface area contributed by atoms with E-state index < -0.39 is 0 Å². The van der Waals surface area contributed by atoms with Gasteiger partial charge in [0.1, 0.15) is 5.65 Å². The number of benzene rings is 1. The molecular formula is C19H21N3O3. The first-order valence-corrected chi connectivity index (χ1v) is 8.21. The van der Waals surface area contributed by atoms with Gasteiger partial charge >= 0.3 is 0 Å². The lowest BCUT2D eigenvalue weighted by atomic mass is 10.3. The van der Waals surface area contributed by atoms with Crippen LogP contribution in [0.3, 0.4) is 0 Å². The Morgan fingerprint density at radius 3 is 2.76 bits per heavy atom. The quantitative estimate of drug-likeness (QED) is 0.685. The molecule has 0 spiro atoms. The lowest BCUT2D eigenvalue weighted by Gasteiger charge is -2.10. The molecule has 0 atom stereocenters. The van der Waals surface area contributed by atoms with E-state index in [2.05, 4.69) is 10.3 Å². The average molecular weight is 339 g/mol. The predicted molar refractivity (Wildman–Crippen MR) is 95.0 cm³/mol. The maximum Gasteiger partial charge on any atom is 0.223 e. The zero-order valence-electron chi connectivity index (χ0n) is 14.1. The highest BCUT2D eigenvalue weighted by Crippen LogP contribution is 2.25. The molecule has 0 unspecified atom stereocenters. The molecule has 0 aliphatic rings. The minimum Gasteiger partial charge on any atom is -0.493 e. The highest BCUT2D eigenvalue weighted by atomic mass is 16.5. The van der Waals surface area contributed by atoms with E-state index in [0.29, 0.717) is 37.5 Å². The third-order valence-corrected chi connectivity index (χ3v) is 3.77. The van der Waals surface area contributed by atoms with Gasteiger partial charge < -0.3 is 19.2 Å². The first-order chi connectivity index (χ1) is 12.3. The lowest BCUT2D eigenvalue weighted by molar-refractivity contribution is -0.121. The van der Waals surface area contributed by atoms with Gasteiger partial charge in [0.2, 0.25) is 5.91 Å². The van der Waals surface area contributed by atoms with Crippen molar-refractivity contribution in [2.75, 3.05) is 20.3 Å². The van der Waals surface area contributed by atoms with Crippen molar-refractivity contribution >= 4 is 11.6 Å². The highest BCUT2D eigenvalue weighted by Gasteiger charge is 2.06. The fraction of sp³-hybridized carbons (Fsp3) is 0.263. The summed E-state index contributed by atoms with van der Waals surface area (Å²) in [5.41, 5.74) is 1.87. The van der Waals surface area contributed by atoms with E-state index in [1.54, 1.807) is 7.11 Å². The van der Waals surface area contributed by atoms with E-state index in [9.17, 15) is 4.79 Å². The highest BCUT2D eigenvalue weighted by molar-refractivity contribution is 5.76. The monoisotopic (exact) mass is 339 g/mol. The molecule has 25 heavy (non-hydrogen) atoms. The number of nitrogens with zero attached hydrogens (tertiary/aromatic N) is 2. The van der Waals surface area contributed by atoms with Gasteiger partial charge in [-0.2, -0.15) is 0 Å². The van der Waals surface area contributed by atoms with E-state index >= 15 is 0 Å². The number of pyridine rings is 1. The maximum absolute atomic E-state index is 11.9. The van der Waals surface area contributed by atoms with Crippen molar-refractivity contribution in [2.24, 2.45) is 0 Å². The van der Waals surface area contributed by atoms with Crippen molar-refractivity contribution in [3.8, 4) is 11.5 Å². The van der Waals surface area contributed by atoms with Gasteiger partial charge in [-0.05, 0) is 24.3 Å². The number of ether oxygens (including phenoxy) is 2. The van der Waals surface area contributed by atoms with E-state index in [-0.39, 0.29) is 5.91 Å². The molecule has 0 fully saturated rings. The Labute approximate surface area is 146 Å². The minimum absolute atomic E-state index is 0.0429. The maximum atomic E-state index is 11.9. The van der Waals surface area contributed by atoms with Gasteiger partial charge in [-0.1, -0.05) is 18.2 Å². The molecule has 3 aromatic rings. The average Bonchev–Trinajstić information content (AvgIpc) is 3.05. The van der Waals surface area contributed by atoms with Crippen LogP contribution < -0.4 is 14.8 Å². The number of imidazole rings is 1. The summed E-state index contributed by atoms with van der Waals surface area (Å²) in [6.07, 6.45) is 4.93. The molecule has 3 rings (SSSR count). The predicted octanol–water partition coefficient (Wildman–Crippen LogP) is 2.47. The Morgan fingerprint density at radius 2 is 1.96 bits per heavy atom. The van der Waals surface area contributed by atoms with Gasteiger partial charge in [0.25, 0.3) is 0 Å². The van der Waals surface area contributed by atoms with E-state index in [1.807, 2.05) is 59.3 Å². The zero-order valence-corrected chi connectivity index (χ0v) is 14.1. The fourth-order valence-electron chi connectivity index (χ4n) is 2.52. The Hall–Kier alpha value is -3.02. The molecule has 2 aromatic heterocycles. The van der Waals surface area contributed by atoms with E-state index in [4.69, 9.17) is 9.47 Å². The van der Waals surface area contributed by atoms with E-state index in [1.165, 1.54) is 0 Å². The lowest BCUT2D eigenvalue weighted by Crippen LogP contribution is -2.27. The first kappa shape index (κ1) is 16.8. The molecule has 0 aliphatic heterocycles. The standard InChI is InChI=1S/C19H21N3O3/c1-24-16-6-2-3-7-17(16)25-13-10-19(23)20-11-9-15-14-22-12-5-4-8-18(22)21-15/h2-8,12,14H,9-11,13H2,1H3,(H,20,23). The number of hydrogen-bond acceptors (Lipinski definition) is 4. The van der Waals surface area contributed by atoms with Crippen LogP contribution >= 0.6 is 0 Å². The van der Waals surface area contributed by atoms with Crippen molar-refractivity contribution in [2.45, 2.75) is 12.8 Å². The number of hydrogen-bond donors (Lipinski definition) is 1. The summed E-state index contributed by atoms with van der Waals surface area (Å²) in [7, 11) is 1.59. The second-order valence-corrected chi connectivity index (χ2v) is 5.55. The molecule has 130 valence electrons. The van der Waals surface area contributed by atoms with Crippen molar-refractivity contribution in [3.63, 3.8) is 0 Å². The Morgan fingerprint density at radius 1 is 1.16 bits per heavy atom. The van der Waals surface area contributed by atoms with Crippen molar-refractivity contribution in [1.82, 2.24) is 14.7 Å². The van der Waals surface area contributed by atoms with E-state index in [0.717, 1.165) is 11.3 Å². The summed E-state index contributed by atoms with van der Waals surface area (Å²) in [5, 5.41) is 2.89. The van der Waals surface area contributed by atoms with Crippen LogP contribution in [-0.2, 0) is 11.2 Å². The summed E-state index contributed by atoms with van der Waals surface area (Å²) in [6.45, 7) is 0.859. The molecular weight excluding hydrogens is 318 g/mol. The third kappa shape index (κ3) is 4.50. The molecule has 1 N–H and O–H groups in total. The number of rotatable bonds is 8. The van der Waals surface area contributed by atoms with Crippen LogP contribution in [0, 0.1) is 0 Å². The van der Waals surface area contributed by atoms with Crippen LogP contribution in [0.2, 0.25) is 0 Å². The van der Waals surface area contributed by atoms with Crippen LogP contribution in [0.25, 0.3) is 5.65 Å². The number of amides is 1. The number of fused-ring (bicyclic) bond motifs is 1. The minimum atomic E-state index is -0.0429. The number of carbonyl (C=O) groups excluding carboxylic acids is 1. The van der Waals surface area contributed by atoms with Crippen molar-refractivity contribution < 1.29 is 14.3 Å². The van der Waals surface area contributed by atoms with Gasteiger partial charge in [-0.3, -0.25) is 4.79 Å². The number of carbonyl (C=O) groups is 1. The second-order valence-electron chi connectivity index (χ2n) is 5.55. The van der Waals surface area contributed by atoms with Gasteiger partial charge in [-0.15, -0.1) is 0 Å². The molecule has 1 aromatic carbocycles. The molecule has 2 heterocycles. The van der Waals surface area contributed by atoms with Crippen LogP contribution in [0.1, 0.15) is 12.1 Å². The fourth-order valence-corrected chi connectivity index (χ4v) is 2.52. The SMILES string of the molecule is COc1ccccc1OCCC(=O)NCCc1cn2ccccc2n1. The number of aromatic nitrogens is 2. The number of para-hydroxylation sites is 2. The Kier molecular flexibility index (Phi) is 5.51. The van der Waals surface area contributed by atoms with Crippen LogP contribution in [-0.4, -0.2) is 35.6 Å². The topological polar surface area (TPSA) is 64.9 Å². The van der Waals surface area contributed by atoms with Gasteiger partial charge in [-0.25, -0.2) is 4.98 Å². The molecule has 6 heteroatoms. The van der Waals surface area contributed by atoms with Crippen LogP contribution in [0.5, 0.6) is 11.5 Å². The van der Waals surface area contributed by atoms with Crippen molar-refractivity contribution in [3.05, 3.63) is 60.6 Å². The summed E-state index contributed by atoms with van der Waals surface area (Å²) in [6, 6.07) is 13.3. The normalized spacial score (nSPS) is 10.6. The zero-order chi connectivity index (χ0) is 17.5. The molecule has 0 radical (unpaired) electrons. The molecule has 0 bridgehead atoms. The molecule has 0 saturated heterocycles. The van der Waals surface area contributed by atoms with Gasteiger partial charge in [0.15, 0.2) is 11.5 Å². The smallest absolute Gasteiger partial charge is 0.223 e. The first-order valence-electron chi connectivity index (χ1n) is 8.21. The summed E-state index contributed by atoms with van der Waals surface area (Å²) in [4.78, 5) is 16.4. The molecule has 0 aliphatic carbocycles. The van der Waals surface area contributed by atoms with Crippen molar-refractivity contribution in [1.29, 1.82) is 0 Å². The molecule has 6 nitrogen and oxygen atoms in total. The Balaban J connectivity index is 1.39. The van der Waals surface area contributed by atoms with Gasteiger partial charge in [0.05, 0.1) is 25.8 Å². The largest absolute Gasteiger partial charge is 0.493 e. The summed E-state index contributed by atoms with van der Waals surface area (Å²) < 4.78 is 12.8. The number of nitrogens with one attached hydrogen (secondary N) is 1. The second kappa shape index (κ2) is 8.19. The summed E-state index contributed by atoms with van der Waals surface area (Å²) in [5.74, 6) is 1.26.